The molecular formula is C17H21NO. The van der Waals surface area contributed by atoms with Crippen LogP contribution < -0.4 is 5.32 Å². The molecule has 0 aromatic heterocycles. The summed E-state index contributed by atoms with van der Waals surface area (Å²) in [5.74, 6) is 0. The van der Waals surface area contributed by atoms with Crippen molar-refractivity contribution in [3.63, 3.8) is 0 Å². The van der Waals surface area contributed by atoms with Gasteiger partial charge < -0.3 is 10.4 Å². The van der Waals surface area contributed by atoms with E-state index in [0.717, 1.165) is 11.3 Å². The second-order valence-electron chi connectivity index (χ2n) is 5.28. The summed E-state index contributed by atoms with van der Waals surface area (Å²) in [6, 6.07) is 16.3. The molecule has 1 unspecified atom stereocenters. The molecule has 0 spiro atoms. The minimum atomic E-state index is -0.472. The lowest BCUT2D eigenvalue weighted by molar-refractivity contribution is 0.224. The van der Waals surface area contributed by atoms with Gasteiger partial charge in [-0.3, -0.25) is 0 Å². The molecule has 2 heteroatoms. The Bertz CT molecular complexity index is 550. The summed E-state index contributed by atoms with van der Waals surface area (Å²) < 4.78 is 0. The number of aryl methyl sites for hydroxylation is 2. The average Bonchev–Trinajstić information content (AvgIpc) is 2.43. The van der Waals surface area contributed by atoms with Crippen molar-refractivity contribution in [2.45, 2.75) is 26.3 Å². The number of aliphatic hydroxyl groups excluding tert-OH is 1. The molecule has 0 heterocycles. The zero-order valence-corrected chi connectivity index (χ0v) is 11.8. The molecule has 0 aliphatic heterocycles. The molecule has 100 valence electrons. The van der Waals surface area contributed by atoms with Gasteiger partial charge in [0.05, 0.1) is 12.1 Å². The summed E-state index contributed by atoms with van der Waals surface area (Å²) in [5, 5.41) is 13.2. The number of hydrogen-bond acceptors (Lipinski definition) is 2. The van der Waals surface area contributed by atoms with Crippen molar-refractivity contribution in [3.05, 3.63) is 65.2 Å². The second kappa shape index (κ2) is 5.45. The first kappa shape index (κ1) is 13.6. The number of nitrogens with one attached hydrogen (secondary N) is 1. The largest absolute Gasteiger partial charge is 0.394 e. The van der Waals surface area contributed by atoms with Crippen LogP contribution in [0, 0.1) is 13.8 Å². The van der Waals surface area contributed by atoms with E-state index in [1.54, 1.807) is 0 Å². The fourth-order valence-electron chi connectivity index (χ4n) is 2.13. The Morgan fingerprint density at radius 2 is 1.68 bits per heavy atom. The third-order valence-electron chi connectivity index (χ3n) is 3.65. The van der Waals surface area contributed by atoms with E-state index < -0.39 is 5.54 Å². The predicted octanol–water partition coefficient (Wildman–Crippen LogP) is 3.62. The van der Waals surface area contributed by atoms with Crippen LogP contribution in [0.25, 0.3) is 0 Å². The molecule has 2 N–H and O–H groups in total. The maximum absolute atomic E-state index is 9.80. The summed E-state index contributed by atoms with van der Waals surface area (Å²) in [5.41, 5.74) is 4.15. The first-order chi connectivity index (χ1) is 9.05. The molecule has 0 aliphatic rings. The van der Waals surface area contributed by atoms with E-state index >= 15 is 0 Å². The molecule has 0 saturated carbocycles. The number of hydrogen-bond donors (Lipinski definition) is 2. The molecule has 0 bridgehead atoms. The van der Waals surface area contributed by atoms with Gasteiger partial charge in [-0.25, -0.2) is 0 Å². The zero-order chi connectivity index (χ0) is 13.9. The minimum absolute atomic E-state index is 0.0460. The quantitative estimate of drug-likeness (QED) is 0.874. The number of benzene rings is 2. The van der Waals surface area contributed by atoms with Gasteiger partial charge in [-0.15, -0.1) is 0 Å². The molecule has 0 amide bonds. The van der Waals surface area contributed by atoms with Gasteiger partial charge in [0.25, 0.3) is 0 Å². The van der Waals surface area contributed by atoms with Crippen LogP contribution in [0.4, 0.5) is 5.69 Å². The molecule has 0 aliphatic carbocycles. The average molecular weight is 255 g/mol. The normalized spacial score (nSPS) is 13.9. The molecule has 2 nitrogen and oxygen atoms in total. The van der Waals surface area contributed by atoms with Crippen LogP contribution in [-0.4, -0.2) is 11.7 Å². The SMILES string of the molecule is Cc1ccc(C(C)(CO)Nc2ccccc2)cc1C. The van der Waals surface area contributed by atoms with Gasteiger partial charge >= 0.3 is 0 Å². The highest BCUT2D eigenvalue weighted by atomic mass is 16.3. The second-order valence-corrected chi connectivity index (χ2v) is 5.28. The van der Waals surface area contributed by atoms with Crippen LogP contribution in [0.1, 0.15) is 23.6 Å². The van der Waals surface area contributed by atoms with E-state index in [-0.39, 0.29) is 6.61 Å². The number of para-hydroxylation sites is 1. The Balaban J connectivity index is 2.33. The number of rotatable bonds is 4. The summed E-state index contributed by atoms with van der Waals surface area (Å²) >= 11 is 0. The van der Waals surface area contributed by atoms with E-state index in [1.165, 1.54) is 11.1 Å². The Morgan fingerprint density at radius 3 is 2.26 bits per heavy atom. The van der Waals surface area contributed by atoms with Crippen molar-refractivity contribution in [1.29, 1.82) is 0 Å². The van der Waals surface area contributed by atoms with E-state index in [1.807, 2.05) is 37.3 Å². The molecule has 19 heavy (non-hydrogen) atoms. The van der Waals surface area contributed by atoms with Gasteiger partial charge in [0.1, 0.15) is 0 Å². The van der Waals surface area contributed by atoms with Crippen LogP contribution in [-0.2, 0) is 5.54 Å². The summed E-state index contributed by atoms with van der Waals surface area (Å²) in [4.78, 5) is 0. The van der Waals surface area contributed by atoms with E-state index in [9.17, 15) is 5.11 Å². The van der Waals surface area contributed by atoms with Crippen molar-refractivity contribution in [2.75, 3.05) is 11.9 Å². The zero-order valence-electron chi connectivity index (χ0n) is 11.8. The maximum atomic E-state index is 9.80. The van der Waals surface area contributed by atoms with Crippen LogP contribution in [0.5, 0.6) is 0 Å². The van der Waals surface area contributed by atoms with Gasteiger partial charge in [0, 0.05) is 5.69 Å². The Hall–Kier alpha value is -1.80. The van der Waals surface area contributed by atoms with E-state index in [0.29, 0.717) is 0 Å². The van der Waals surface area contributed by atoms with Crippen LogP contribution in [0.2, 0.25) is 0 Å². The lowest BCUT2D eigenvalue weighted by Gasteiger charge is -2.31. The van der Waals surface area contributed by atoms with Crippen molar-refractivity contribution in [3.8, 4) is 0 Å². The first-order valence-corrected chi connectivity index (χ1v) is 6.57. The Kier molecular flexibility index (Phi) is 3.91. The van der Waals surface area contributed by atoms with Crippen molar-refractivity contribution >= 4 is 5.69 Å². The predicted molar refractivity (Wildman–Crippen MR) is 80.4 cm³/mol. The highest BCUT2D eigenvalue weighted by molar-refractivity contribution is 5.48. The summed E-state index contributed by atoms with van der Waals surface area (Å²) in [6.45, 7) is 6.26. The Morgan fingerprint density at radius 1 is 1.00 bits per heavy atom. The fraction of sp³-hybridized carbons (Fsp3) is 0.294. The highest BCUT2D eigenvalue weighted by Gasteiger charge is 2.25. The van der Waals surface area contributed by atoms with Gasteiger partial charge in [-0.05, 0) is 49.6 Å². The third-order valence-corrected chi connectivity index (χ3v) is 3.65. The Labute approximate surface area is 115 Å². The third kappa shape index (κ3) is 2.96. The highest BCUT2D eigenvalue weighted by Crippen LogP contribution is 2.27. The van der Waals surface area contributed by atoms with Gasteiger partial charge in [0.2, 0.25) is 0 Å². The van der Waals surface area contributed by atoms with Crippen LogP contribution in [0.3, 0.4) is 0 Å². The van der Waals surface area contributed by atoms with Crippen molar-refractivity contribution < 1.29 is 5.11 Å². The van der Waals surface area contributed by atoms with Crippen LogP contribution >= 0.6 is 0 Å². The first-order valence-electron chi connectivity index (χ1n) is 6.57. The van der Waals surface area contributed by atoms with E-state index in [2.05, 4.69) is 37.4 Å². The fourth-order valence-corrected chi connectivity index (χ4v) is 2.13. The lowest BCUT2D eigenvalue weighted by Crippen LogP contribution is -2.35. The lowest BCUT2D eigenvalue weighted by atomic mass is 9.90. The van der Waals surface area contributed by atoms with Gasteiger partial charge in [0.15, 0.2) is 0 Å². The van der Waals surface area contributed by atoms with Crippen molar-refractivity contribution in [1.82, 2.24) is 0 Å². The van der Waals surface area contributed by atoms with Gasteiger partial charge in [-0.1, -0.05) is 36.4 Å². The molecular weight excluding hydrogens is 234 g/mol. The molecule has 1 atom stereocenters. The topological polar surface area (TPSA) is 32.3 Å². The van der Waals surface area contributed by atoms with E-state index in [4.69, 9.17) is 0 Å². The van der Waals surface area contributed by atoms with Gasteiger partial charge in [-0.2, -0.15) is 0 Å². The molecule has 2 rings (SSSR count). The smallest absolute Gasteiger partial charge is 0.0828 e. The summed E-state index contributed by atoms with van der Waals surface area (Å²) in [7, 11) is 0. The number of anilines is 1. The minimum Gasteiger partial charge on any atom is -0.394 e. The van der Waals surface area contributed by atoms with Crippen LogP contribution in [0.15, 0.2) is 48.5 Å². The summed E-state index contributed by atoms with van der Waals surface area (Å²) in [6.07, 6.45) is 0. The molecule has 0 radical (unpaired) electrons. The number of aliphatic hydroxyl groups is 1. The standard InChI is InChI=1S/C17H21NO/c1-13-9-10-15(11-14(13)2)17(3,12-19)18-16-7-5-4-6-8-16/h4-11,18-19H,12H2,1-3H3. The molecule has 2 aromatic rings. The maximum Gasteiger partial charge on any atom is 0.0828 e. The molecule has 0 fully saturated rings. The molecule has 2 aromatic carbocycles. The molecule has 0 saturated heterocycles. The monoisotopic (exact) mass is 255 g/mol. The van der Waals surface area contributed by atoms with Crippen molar-refractivity contribution in [2.24, 2.45) is 0 Å².